The Bertz CT molecular complexity index is 449. The lowest BCUT2D eigenvalue weighted by atomic mass is 10.1. The van der Waals surface area contributed by atoms with Crippen LogP contribution in [0.1, 0.15) is 28.8 Å². The molecule has 1 fully saturated rings. The lowest BCUT2D eigenvalue weighted by Gasteiger charge is -2.20. The summed E-state index contributed by atoms with van der Waals surface area (Å²) in [5.41, 5.74) is 4.39. The van der Waals surface area contributed by atoms with Crippen molar-refractivity contribution in [1.29, 1.82) is 0 Å². The van der Waals surface area contributed by atoms with E-state index in [0.29, 0.717) is 11.1 Å². The topological polar surface area (TPSA) is 55.1 Å². The summed E-state index contributed by atoms with van der Waals surface area (Å²) in [7, 11) is 0. The molecule has 0 heterocycles. The maximum Gasteiger partial charge on any atom is 0.406 e. The normalized spacial score (nSPS) is 17.5. The Balaban J connectivity index is 1.97. The van der Waals surface area contributed by atoms with Crippen LogP contribution in [0, 0.1) is 0 Å². The maximum absolute atomic E-state index is 12.6. The summed E-state index contributed by atoms with van der Waals surface area (Å²) >= 11 is 0. The second-order valence-corrected chi connectivity index (χ2v) is 4.49. The van der Waals surface area contributed by atoms with Gasteiger partial charge in [0.15, 0.2) is 0 Å². The zero-order valence-corrected chi connectivity index (χ0v) is 9.55. The van der Waals surface area contributed by atoms with Crippen LogP contribution in [0.25, 0.3) is 0 Å². The first-order valence-corrected chi connectivity index (χ1v) is 5.55. The molecule has 1 amide bonds. The molecule has 1 aliphatic rings. The molecule has 0 spiro atoms. The lowest BCUT2D eigenvalue weighted by molar-refractivity contribution is -0.166. The minimum Gasteiger partial charge on any atom is -0.366 e. The van der Waals surface area contributed by atoms with E-state index < -0.39 is 17.6 Å². The first kappa shape index (κ1) is 12.9. The average molecular weight is 258 g/mol. The van der Waals surface area contributed by atoms with E-state index in [2.05, 4.69) is 5.32 Å². The van der Waals surface area contributed by atoms with Gasteiger partial charge in [-0.1, -0.05) is 12.1 Å². The van der Waals surface area contributed by atoms with Gasteiger partial charge < -0.3 is 5.73 Å². The monoisotopic (exact) mass is 258 g/mol. The Kier molecular flexibility index (Phi) is 3.06. The predicted octanol–water partition coefficient (Wildman–Crippen LogP) is 1.97. The molecule has 18 heavy (non-hydrogen) atoms. The van der Waals surface area contributed by atoms with Gasteiger partial charge in [-0.3, -0.25) is 10.1 Å². The zero-order valence-electron chi connectivity index (χ0n) is 9.55. The number of nitrogens with two attached hydrogens (primary N) is 1. The average Bonchev–Trinajstić information content (AvgIpc) is 3.07. The van der Waals surface area contributed by atoms with E-state index in [1.54, 1.807) is 12.1 Å². The van der Waals surface area contributed by atoms with Crippen LogP contribution in [0.15, 0.2) is 24.3 Å². The molecule has 0 atom stereocenters. The third-order valence-corrected chi connectivity index (χ3v) is 3.16. The number of halogens is 3. The van der Waals surface area contributed by atoms with Crippen molar-refractivity contribution in [2.75, 3.05) is 0 Å². The fraction of sp³-hybridized carbons (Fsp3) is 0.417. The van der Waals surface area contributed by atoms with E-state index in [1.807, 2.05) is 0 Å². The predicted molar refractivity (Wildman–Crippen MR) is 59.8 cm³/mol. The van der Waals surface area contributed by atoms with Crippen LogP contribution in [0.5, 0.6) is 0 Å². The van der Waals surface area contributed by atoms with Crippen molar-refractivity contribution < 1.29 is 18.0 Å². The van der Waals surface area contributed by atoms with Crippen LogP contribution in [0.2, 0.25) is 0 Å². The van der Waals surface area contributed by atoms with E-state index in [-0.39, 0.29) is 19.4 Å². The molecular formula is C12H13F3N2O. The molecule has 1 aromatic carbocycles. The molecule has 0 aromatic heterocycles. The van der Waals surface area contributed by atoms with Crippen molar-refractivity contribution in [3.05, 3.63) is 35.4 Å². The van der Waals surface area contributed by atoms with Crippen molar-refractivity contribution in [2.45, 2.75) is 31.1 Å². The summed E-state index contributed by atoms with van der Waals surface area (Å²) in [5, 5.41) is 2.53. The Hall–Kier alpha value is -1.56. The van der Waals surface area contributed by atoms with Crippen molar-refractivity contribution in [2.24, 2.45) is 5.73 Å². The first-order chi connectivity index (χ1) is 8.34. The highest BCUT2D eigenvalue weighted by Gasteiger charge is 2.62. The summed E-state index contributed by atoms with van der Waals surface area (Å²) in [6.07, 6.45) is -3.97. The third-order valence-electron chi connectivity index (χ3n) is 3.16. The lowest BCUT2D eigenvalue weighted by Crippen LogP contribution is -2.44. The van der Waals surface area contributed by atoms with Gasteiger partial charge in [0.25, 0.3) is 0 Å². The highest BCUT2D eigenvalue weighted by atomic mass is 19.4. The number of primary amides is 1. The van der Waals surface area contributed by atoms with Gasteiger partial charge in [0.2, 0.25) is 5.91 Å². The molecule has 0 unspecified atom stereocenters. The number of alkyl halides is 3. The minimum atomic E-state index is -4.21. The van der Waals surface area contributed by atoms with E-state index >= 15 is 0 Å². The molecule has 0 radical (unpaired) electrons. The fourth-order valence-electron chi connectivity index (χ4n) is 1.74. The minimum absolute atomic E-state index is 0.121. The van der Waals surface area contributed by atoms with Gasteiger partial charge >= 0.3 is 6.18 Å². The van der Waals surface area contributed by atoms with Gasteiger partial charge in [0, 0.05) is 12.1 Å². The van der Waals surface area contributed by atoms with Crippen molar-refractivity contribution in [1.82, 2.24) is 5.32 Å². The van der Waals surface area contributed by atoms with Crippen LogP contribution < -0.4 is 11.1 Å². The molecule has 0 bridgehead atoms. The van der Waals surface area contributed by atoms with Crippen LogP contribution in [-0.4, -0.2) is 17.6 Å². The second kappa shape index (κ2) is 4.28. The Labute approximate surface area is 102 Å². The summed E-state index contributed by atoms with van der Waals surface area (Å²) in [6, 6.07) is 6.21. The van der Waals surface area contributed by atoms with Crippen LogP contribution in [-0.2, 0) is 6.54 Å². The van der Waals surface area contributed by atoms with Gasteiger partial charge in [-0.05, 0) is 30.5 Å². The molecule has 6 heteroatoms. The molecule has 3 nitrogen and oxygen atoms in total. The third kappa shape index (κ3) is 2.48. The molecule has 1 aromatic rings. The second-order valence-electron chi connectivity index (χ2n) is 4.49. The molecule has 3 N–H and O–H groups in total. The largest absolute Gasteiger partial charge is 0.406 e. The van der Waals surface area contributed by atoms with Gasteiger partial charge in [0.05, 0.1) is 0 Å². The number of benzene rings is 1. The molecule has 0 aliphatic heterocycles. The fourth-order valence-corrected chi connectivity index (χ4v) is 1.74. The summed E-state index contributed by atoms with van der Waals surface area (Å²) < 4.78 is 37.9. The quantitative estimate of drug-likeness (QED) is 0.867. The van der Waals surface area contributed by atoms with Gasteiger partial charge in [0.1, 0.15) is 5.54 Å². The SMILES string of the molecule is NC(=O)c1ccc(CNC2(C(F)(F)F)CC2)cc1. The van der Waals surface area contributed by atoms with Crippen LogP contribution in [0.4, 0.5) is 13.2 Å². The van der Waals surface area contributed by atoms with E-state index in [0.717, 1.165) is 0 Å². The zero-order chi connectivity index (χ0) is 13.4. The van der Waals surface area contributed by atoms with Gasteiger partial charge in [-0.25, -0.2) is 0 Å². The number of hydrogen-bond acceptors (Lipinski definition) is 2. The molecule has 1 aliphatic carbocycles. The molecule has 98 valence electrons. The highest BCUT2D eigenvalue weighted by Crippen LogP contribution is 2.49. The summed E-state index contributed by atoms with van der Waals surface area (Å²) in [5.74, 6) is -0.552. The standard InChI is InChI=1S/C12H13F3N2O/c13-12(14,15)11(5-6-11)17-7-8-1-3-9(4-2-8)10(16)18/h1-4,17H,5-7H2,(H2,16,18). The van der Waals surface area contributed by atoms with E-state index in [9.17, 15) is 18.0 Å². The van der Waals surface area contributed by atoms with Crippen LogP contribution >= 0.6 is 0 Å². The van der Waals surface area contributed by atoms with Gasteiger partial charge in [-0.15, -0.1) is 0 Å². The Morgan fingerprint density at radius 1 is 1.28 bits per heavy atom. The number of amides is 1. The molecule has 0 saturated heterocycles. The summed E-state index contributed by atoms with van der Waals surface area (Å²) in [4.78, 5) is 10.8. The van der Waals surface area contributed by atoms with Crippen molar-refractivity contribution in [3.8, 4) is 0 Å². The first-order valence-electron chi connectivity index (χ1n) is 5.55. The number of hydrogen-bond donors (Lipinski definition) is 2. The Morgan fingerprint density at radius 3 is 2.22 bits per heavy atom. The number of carbonyl (C=O) groups excluding carboxylic acids is 1. The highest BCUT2D eigenvalue weighted by molar-refractivity contribution is 5.92. The number of carbonyl (C=O) groups is 1. The van der Waals surface area contributed by atoms with Crippen molar-refractivity contribution >= 4 is 5.91 Å². The van der Waals surface area contributed by atoms with Gasteiger partial charge in [-0.2, -0.15) is 13.2 Å². The number of nitrogens with one attached hydrogen (secondary N) is 1. The summed E-state index contributed by atoms with van der Waals surface area (Å²) in [6.45, 7) is 0.124. The maximum atomic E-state index is 12.6. The number of rotatable bonds is 4. The molecule has 2 rings (SSSR count). The van der Waals surface area contributed by atoms with E-state index in [4.69, 9.17) is 5.73 Å². The van der Waals surface area contributed by atoms with Crippen molar-refractivity contribution in [3.63, 3.8) is 0 Å². The van der Waals surface area contributed by atoms with E-state index in [1.165, 1.54) is 12.1 Å². The molecule has 1 saturated carbocycles. The van der Waals surface area contributed by atoms with Crippen LogP contribution in [0.3, 0.4) is 0 Å². The smallest absolute Gasteiger partial charge is 0.366 e. The molecular weight excluding hydrogens is 245 g/mol. The Morgan fingerprint density at radius 2 is 1.83 bits per heavy atom.